The van der Waals surface area contributed by atoms with Crippen molar-refractivity contribution >= 4 is 40.9 Å². The molecule has 2 saturated heterocycles. The average molecular weight is 609 g/mol. The Hall–Kier alpha value is -3.72. The number of phenols is 1. The number of para-hydroxylation sites is 1. The molecule has 6 rings (SSSR count). The third-order valence-electron chi connectivity index (χ3n) is 9.75. The zero-order valence-corrected chi connectivity index (χ0v) is 25.4. The number of carbonyl (C=O) groups excluding carboxylic acids is 4. The minimum Gasteiger partial charge on any atom is -0.504 e. The van der Waals surface area contributed by atoms with E-state index in [0.29, 0.717) is 18.6 Å². The number of likely N-dealkylation sites (tertiary alicyclic amines) is 1. The molecule has 43 heavy (non-hydrogen) atoms. The maximum absolute atomic E-state index is 14.5. The van der Waals surface area contributed by atoms with Crippen molar-refractivity contribution < 1.29 is 33.4 Å². The summed E-state index contributed by atoms with van der Waals surface area (Å²) in [6.45, 7) is 9.25. The number of carbonyl (C=O) groups is 4. The van der Waals surface area contributed by atoms with Gasteiger partial charge in [-0.3, -0.25) is 24.1 Å². The first kappa shape index (κ1) is 29.4. The Kier molecular flexibility index (Phi) is 6.76. The molecule has 2 aliphatic heterocycles. The van der Waals surface area contributed by atoms with Crippen LogP contribution in [0, 0.1) is 34.9 Å². The summed E-state index contributed by atoms with van der Waals surface area (Å²) in [5.41, 5.74) is -0.802. The number of ether oxygens (including phenoxy) is 1. The van der Waals surface area contributed by atoms with E-state index in [1.54, 1.807) is 32.0 Å². The van der Waals surface area contributed by atoms with Crippen molar-refractivity contribution in [2.45, 2.75) is 58.9 Å². The second-order valence-corrected chi connectivity index (χ2v) is 13.5. The third-order valence-corrected chi connectivity index (χ3v) is 10.0. The van der Waals surface area contributed by atoms with E-state index in [4.69, 9.17) is 16.3 Å². The van der Waals surface area contributed by atoms with Gasteiger partial charge in [0.05, 0.1) is 40.5 Å². The number of amides is 4. The Labute approximate surface area is 254 Å². The first-order valence-corrected chi connectivity index (χ1v) is 15.0. The second kappa shape index (κ2) is 9.91. The SMILES string of the molecule is CCOc1cccc(C2C3=CCC4C(=O)N(C(C)(C)C)C(=O)C4C3CC3C(=O)N(c4ccc(F)c(Cl)c4)C(=O)C32C)c1O. The number of hydrogen-bond acceptors (Lipinski definition) is 6. The number of phenolic OH excluding ortho intramolecular Hbond substituents is 1. The summed E-state index contributed by atoms with van der Waals surface area (Å²) in [5, 5.41) is 11.3. The Bertz CT molecular complexity index is 1610. The molecule has 226 valence electrons. The summed E-state index contributed by atoms with van der Waals surface area (Å²) in [6, 6.07) is 8.74. The Morgan fingerprint density at radius 2 is 1.79 bits per heavy atom. The van der Waals surface area contributed by atoms with Gasteiger partial charge in [0.1, 0.15) is 5.82 Å². The molecule has 4 amide bonds. The summed E-state index contributed by atoms with van der Waals surface area (Å²) in [4.78, 5) is 58.6. The van der Waals surface area contributed by atoms with Crippen molar-refractivity contribution in [3.05, 3.63) is 64.5 Å². The highest BCUT2D eigenvalue weighted by Crippen LogP contribution is 2.65. The van der Waals surface area contributed by atoms with Crippen LogP contribution >= 0.6 is 11.6 Å². The molecule has 0 spiro atoms. The molecule has 2 aromatic carbocycles. The molecule has 3 fully saturated rings. The van der Waals surface area contributed by atoms with Crippen molar-refractivity contribution in [2.75, 3.05) is 11.5 Å². The lowest BCUT2D eigenvalue weighted by molar-refractivity contribution is -0.145. The molecule has 6 unspecified atom stereocenters. The fourth-order valence-electron chi connectivity index (χ4n) is 7.93. The monoisotopic (exact) mass is 608 g/mol. The van der Waals surface area contributed by atoms with Crippen LogP contribution in [0.4, 0.5) is 10.1 Å². The average Bonchev–Trinajstić information content (AvgIpc) is 3.31. The molecule has 6 atom stereocenters. The summed E-state index contributed by atoms with van der Waals surface area (Å²) in [6.07, 6.45) is 2.40. The van der Waals surface area contributed by atoms with Crippen LogP contribution in [0.1, 0.15) is 58.9 Å². The van der Waals surface area contributed by atoms with Gasteiger partial charge in [0.2, 0.25) is 23.6 Å². The molecule has 1 N–H and O–H groups in total. The number of fused-ring (bicyclic) bond motifs is 4. The largest absolute Gasteiger partial charge is 0.504 e. The quantitative estimate of drug-likeness (QED) is 0.357. The summed E-state index contributed by atoms with van der Waals surface area (Å²) in [7, 11) is 0. The molecule has 0 aromatic heterocycles. The summed E-state index contributed by atoms with van der Waals surface area (Å²) < 4.78 is 19.7. The fourth-order valence-corrected chi connectivity index (χ4v) is 8.11. The molecular weight excluding hydrogens is 575 g/mol. The first-order valence-electron chi connectivity index (χ1n) is 14.6. The molecule has 0 radical (unpaired) electrons. The van der Waals surface area contributed by atoms with Gasteiger partial charge in [-0.1, -0.05) is 35.4 Å². The first-order chi connectivity index (χ1) is 20.2. The van der Waals surface area contributed by atoms with Crippen LogP contribution in [0.15, 0.2) is 48.0 Å². The zero-order valence-electron chi connectivity index (χ0n) is 24.7. The molecule has 2 aliphatic carbocycles. The number of hydrogen-bond donors (Lipinski definition) is 1. The van der Waals surface area contributed by atoms with Gasteiger partial charge >= 0.3 is 0 Å². The Morgan fingerprint density at radius 3 is 2.44 bits per heavy atom. The highest BCUT2D eigenvalue weighted by Gasteiger charge is 2.68. The molecule has 10 heteroatoms. The highest BCUT2D eigenvalue weighted by atomic mass is 35.5. The lowest BCUT2D eigenvalue weighted by atomic mass is 9.51. The van der Waals surface area contributed by atoms with Gasteiger partial charge in [-0.2, -0.15) is 0 Å². The third kappa shape index (κ3) is 4.07. The van der Waals surface area contributed by atoms with E-state index in [2.05, 4.69) is 0 Å². The van der Waals surface area contributed by atoms with Crippen LogP contribution in [0.5, 0.6) is 11.5 Å². The van der Waals surface area contributed by atoms with E-state index >= 15 is 0 Å². The van der Waals surface area contributed by atoms with Crippen LogP contribution in [0.2, 0.25) is 5.02 Å². The van der Waals surface area contributed by atoms with E-state index in [-0.39, 0.29) is 40.4 Å². The van der Waals surface area contributed by atoms with Gasteiger partial charge in [-0.05, 0) is 77.6 Å². The lowest BCUT2D eigenvalue weighted by Gasteiger charge is -2.49. The van der Waals surface area contributed by atoms with Crippen LogP contribution in [0.25, 0.3) is 0 Å². The molecular formula is C33H34ClFN2O6. The van der Waals surface area contributed by atoms with Crippen molar-refractivity contribution in [2.24, 2.45) is 29.1 Å². The Balaban J connectivity index is 1.54. The van der Waals surface area contributed by atoms with E-state index in [9.17, 15) is 28.7 Å². The molecule has 0 bridgehead atoms. The molecule has 4 aliphatic rings. The number of halogens is 2. The maximum Gasteiger partial charge on any atom is 0.241 e. The van der Waals surface area contributed by atoms with E-state index in [0.717, 1.165) is 16.5 Å². The predicted octanol–water partition coefficient (Wildman–Crippen LogP) is 5.61. The number of rotatable bonds is 4. The van der Waals surface area contributed by atoms with Gasteiger partial charge < -0.3 is 9.84 Å². The molecule has 2 heterocycles. The van der Waals surface area contributed by atoms with Crippen LogP contribution < -0.4 is 9.64 Å². The van der Waals surface area contributed by atoms with Crippen LogP contribution in [-0.4, -0.2) is 45.8 Å². The van der Waals surface area contributed by atoms with Crippen molar-refractivity contribution in [3.63, 3.8) is 0 Å². The number of imide groups is 2. The number of benzene rings is 2. The smallest absolute Gasteiger partial charge is 0.241 e. The normalized spacial score (nSPS) is 30.3. The van der Waals surface area contributed by atoms with Gasteiger partial charge in [0.15, 0.2) is 11.5 Å². The predicted molar refractivity (Wildman–Crippen MR) is 157 cm³/mol. The van der Waals surface area contributed by atoms with E-state index < -0.39 is 58.2 Å². The minimum absolute atomic E-state index is 0.143. The van der Waals surface area contributed by atoms with Crippen molar-refractivity contribution in [3.8, 4) is 11.5 Å². The summed E-state index contributed by atoms with van der Waals surface area (Å²) in [5.74, 6) is -5.61. The van der Waals surface area contributed by atoms with Crippen LogP contribution in [0.3, 0.4) is 0 Å². The molecule has 1 saturated carbocycles. The van der Waals surface area contributed by atoms with Crippen molar-refractivity contribution in [1.29, 1.82) is 0 Å². The lowest BCUT2D eigenvalue weighted by Crippen LogP contribution is -2.49. The molecule has 8 nitrogen and oxygen atoms in total. The Morgan fingerprint density at radius 1 is 1.07 bits per heavy atom. The number of allylic oxidation sites excluding steroid dienone is 2. The second-order valence-electron chi connectivity index (χ2n) is 13.1. The number of nitrogens with zero attached hydrogens (tertiary/aromatic N) is 2. The standard InChI is InChI=1S/C33H34ClFN2O6/c1-6-43-24-9-7-8-19(27(24)38)26-17-11-12-18-25(30(41)37(28(18)39)32(2,3)4)20(17)15-21-29(40)36(31(42)33(21,26)5)16-10-13-23(35)22(34)14-16/h7-11,13-14,18,20-21,25-26,38H,6,12,15H2,1-5H3. The minimum atomic E-state index is -1.37. The topological polar surface area (TPSA) is 104 Å². The number of anilines is 1. The zero-order chi connectivity index (χ0) is 31.2. The van der Waals surface area contributed by atoms with E-state index in [1.165, 1.54) is 17.0 Å². The van der Waals surface area contributed by atoms with Gasteiger partial charge in [0.25, 0.3) is 0 Å². The van der Waals surface area contributed by atoms with Gasteiger partial charge in [-0.15, -0.1) is 0 Å². The van der Waals surface area contributed by atoms with Crippen molar-refractivity contribution in [1.82, 2.24) is 4.90 Å². The van der Waals surface area contributed by atoms with Gasteiger partial charge in [0, 0.05) is 17.0 Å². The van der Waals surface area contributed by atoms with Crippen LogP contribution in [-0.2, 0) is 19.2 Å². The van der Waals surface area contributed by atoms with E-state index in [1.807, 2.05) is 26.8 Å². The maximum atomic E-state index is 14.5. The highest BCUT2D eigenvalue weighted by molar-refractivity contribution is 6.31. The summed E-state index contributed by atoms with van der Waals surface area (Å²) >= 11 is 6.05. The fraction of sp³-hybridized carbons (Fsp3) is 0.455. The number of aromatic hydroxyl groups is 1. The molecule has 2 aromatic rings. The van der Waals surface area contributed by atoms with Gasteiger partial charge in [-0.25, -0.2) is 9.29 Å².